The second-order valence-corrected chi connectivity index (χ2v) is 5.47. The van der Waals surface area contributed by atoms with Crippen LogP contribution in [0.3, 0.4) is 0 Å². The fourth-order valence-corrected chi connectivity index (χ4v) is 2.11. The van der Waals surface area contributed by atoms with Gasteiger partial charge in [0.1, 0.15) is 23.4 Å². The van der Waals surface area contributed by atoms with Gasteiger partial charge in [-0.3, -0.25) is 0 Å². The molecule has 1 fully saturated rings. The first-order chi connectivity index (χ1) is 9.06. The van der Waals surface area contributed by atoms with Crippen LogP contribution >= 0.6 is 12.2 Å². The summed E-state index contributed by atoms with van der Waals surface area (Å²) in [6.07, 6.45) is 1.99. The summed E-state index contributed by atoms with van der Waals surface area (Å²) in [4.78, 5) is 2.53. The van der Waals surface area contributed by atoms with Gasteiger partial charge in [-0.1, -0.05) is 24.4 Å². The van der Waals surface area contributed by atoms with Crippen LogP contribution in [0.25, 0.3) is 0 Å². The Hall–Kier alpha value is -1.17. The maximum Gasteiger partial charge on any atom is 0.120 e. The lowest BCUT2D eigenvalue weighted by Gasteiger charge is -2.20. The van der Waals surface area contributed by atoms with Crippen LogP contribution in [0.5, 0.6) is 5.75 Å². The Morgan fingerprint density at radius 1 is 1.58 bits per heavy atom. The summed E-state index contributed by atoms with van der Waals surface area (Å²) < 4.78 is 5.57. The van der Waals surface area contributed by atoms with Crippen LogP contribution in [0.4, 0.5) is 0 Å². The molecule has 0 heterocycles. The third kappa shape index (κ3) is 4.45. The lowest BCUT2D eigenvalue weighted by Crippen LogP contribution is -2.34. The van der Waals surface area contributed by atoms with E-state index in [4.69, 9.17) is 22.7 Å². The van der Waals surface area contributed by atoms with Crippen molar-refractivity contribution in [1.82, 2.24) is 4.90 Å². The van der Waals surface area contributed by atoms with E-state index in [0.717, 1.165) is 5.56 Å². The molecule has 3 N–H and O–H groups in total. The lowest BCUT2D eigenvalue weighted by atomic mass is 10.2. The topological polar surface area (TPSA) is 58.7 Å². The second kappa shape index (κ2) is 6.32. The van der Waals surface area contributed by atoms with Gasteiger partial charge in [-0.15, -0.1) is 0 Å². The van der Waals surface area contributed by atoms with Crippen molar-refractivity contribution in [2.24, 2.45) is 5.73 Å². The Labute approximate surface area is 119 Å². The maximum absolute atomic E-state index is 9.92. The Morgan fingerprint density at radius 2 is 2.32 bits per heavy atom. The van der Waals surface area contributed by atoms with Crippen LogP contribution in [-0.4, -0.2) is 47.3 Å². The van der Waals surface area contributed by atoms with Crippen molar-refractivity contribution in [3.63, 3.8) is 0 Å². The minimum Gasteiger partial charge on any atom is -0.491 e. The van der Waals surface area contributed by atoms with Crippen LogP contribution in [0, 0.1) is 0 Å². The molecule has 0 aromatic heterocycles. The zero-order valence-electron chi connectivity index (χ0n) is 11.1. The Balaban J connectivity index is 1.80. The fourth-order valence-electron chi connectivity index (χ4n) is 1.98. The Bertz CT molecular complexity index is 449. The molecule has 104 valence electrons. The average Bonchev–Trinajstić information content (AvgIpc) is 3.21. The molecule has 1 atom stereocenters. The summed E-state index contributed by atoms with van der Waals surface area (Å²) in [5, 5.41) is 9.92. The zero-order valence-corrected chi connectivity index (χ0v) is 11.9. The molecule has 1 aromatic rings. The van der Waals surface area contributed by atoms with Crippen molar-refractivity contribution in [2.75, 3.05) is 20.2 Å². The van der Waals surface area contributed by atoms with Gasteiger partial charge < -0.3 is 20.5 Å². The van der Waals surface area contributed by atoms with E-state index in [0.29, 0.717) is 23.3 Å². The molecule has 0 aliphatic heterocycles. The van der Waals surface area contributed by atoms with E-state index in [2.05, 4.69) is 4.90 Å². The van der Waals surface area contributed by atoms with Gasteiger partial charge in [0.05, 0.1) is 0 Å². The zero-order chi connectivity index (χ0) is 13.8. The highest BCUT2D eigenvalue weighted by molar-refractivity contribution is 7.80. The van der Waals surface area contributed by atoms with E-state index >= 15 is 0 Å². The molecule has 1 aliphatic carbocycles. The lowest BCUT2D eigenvalue weighted by molar-refractivity contribution is 0.0742. The molecule has 1 aliphatic rings. The smallest absolute Gasteiger partial charge is 0.120 e. The van der Waals surface area contributed by atoms with Crippen molar-refractivity contribution in [1.29, 1.82) is 0 Å². The Morgan fingerprint density at radius 3 is 2.95 bits per heavy atom. The van der Waals surface area contributed by atoms with Gasteiger partial charge in [-0.25, -0.2) is 0 Å². The standard InChI is InChI=1S/C14H20N2O2S/c1-16(11-5-6-11)8-12(17)9-18-13-4-2-3-10(7-13)14(15)19/h2-4,7,11-12,17H,5-6,8-9H2,1H3,(H2,15,19). The van der Waals surface area contributed by atoms with E-state index in [9.17, 15) is 5.11 Å². The molecule has 2 rings (SSSR count). The number of nitrogens with zero attached hydrogens (tertiary/aromatic N) is 1. The van der Waals surface area contributed by atoms with E-state index in [1.807, 2.05) is 25.2 Å². The summed E-state index contributed by atoms with van der Waals surface area (Å²) in [7, 11) is 2.04. The highest BCUT2D eigenvalue weighted by Gasteiger charge is 2.27. The summed E-state index contributed by atoms with van der Waals surface area (Å²) in [5.74, 6) is 0.679. The predicted molar refractivity (Wildman–Crippen MR) is 79.5 cm³/mol. The maximum atomic E-state index is 9.92. The number of hydrogen-bond acceptors (Lipinski definition) is 4. The number of benzene rings is 1. The quantitative estimate of drug-likeness (QED) is 0.734. The first-order valence-electron chi connectivity index (χ1n) is 6.47. The Kier molecular flexibility index (Phi) is 4.74. The number of likely N-dealkylation sites (N-methyl/N-ethyl adjacent to an activating group) is 1. The van der Waals surface area contributed by atoms with Gasteiger partial charge in [0.15, 0.2) is 0 Å². The summed E-state index contributed by atoms with van der Waals surface area (Å²) in [6.45, 7) is 0.914. The molecule has 0 saturated heterocycles. The number of ether oxygens (including phenoxy) is 1. The monoisotopic (exact) mass is 280 g/mol. The third-order valence-electron chi connectivity index (χ3n) is 3.23. The van der Waals surface area contributed by atoms with E-state index in [-0.39, 0.29) is 6.61 Å². The number of aliphatic hydroxyl groups is 1. The van der Waals surface area contributed by atoms with Gasteiger partial charge in [-0.05, 0) is 32.0 Å². The predicted octanol–water partition coefficient (Wildman–Crippen LogP) is 1.15. The molecule has 1 unspecified atom stereocenters. The molecule has 1 aromatic carbocycles. The normalized spacial score (nSPS) is 16.4. The van der Waals surface area contributed by atoms with Crippen LogP contribution in [0.1, 0.15) is 18.4 Å². The third-order valence-corrected chi connectivity index (χ3v) is 3.47. The first kappa shape index (κ1) is 14.2. The molecular weight excluding hydrogens is 260 g/mol. The molecule has 0 spiro atoms. The van der Waals surface area contributed by atoms with E-state index in [1.165, 1.54) is 12.8 Å². The summed E-state index contributed by atoms with van der Waals surface area (Å²) in [6, 6.07) is 7.95. The molecule has 0 amide bonds. The van der Waals surface area contributed by atoms with E-state index in [1.54, 1.807) is 6.07 Å². The molecule has 5 heteroatoms. The summed E-state index contributed by atoms with van der Waals surface area (Å²) in [5.41, 5.74) is 6.34. The number of nitrogens with two attached hydrogens (primary N) is 1. The van der Waals surface area contributed by atoms with Crippen molar-refractivity contribution in [2.45, 2.75) is 25.0 Å². The number of thiocarbonyl (C=S) groups is 1. The van der Waals surface area contributed by atoms with Gasteiger partial charge in [0.25, 0.3) is 0 Å². The van der Waals surface area contributed by atoms with Crippen LogP contribution in [0.15, 0.2) is 24.3 Å². The van der Waals surface area contributed by atoms with Crippen LogP contribution in [0.2, 0.25) is 0 Å². The van der Waals surface area contributed by atoms with Gasteiger partial charge in [0.2, 0.25) is 0 Å². The van der Waals surface area contributed by atoms with Crippen molar-refractivity contribution in [3.05, 3.63) is 29.8 Å². The van der Waals surface area contributed by atoms with E-state index < -0.39 is 6.10 Å². The highest BCUT2D eigenvalue weighted by atomic mass is 32.1. The molecule has 0 radical (unpaired) electrons. The molecule has 0 bridgehead atoms. The molecule has 4 nitrogen and oxygen atoms in total. The highest BCUT2D eigenvalue weighted by Crippen LogP contribution is 2.25. The average molecular weight is 280 g/mol. The summed E-state index contributed by atoms with van der Waals surface area (Å²) >= 11 is 4.92. The second-order valence-electron chi connectivity index (χ2n) is 5.03. The van der Waals surface area contributed by atoms with Gasteiger partial charge in [0, 0.05) is 18.2 Å². The van der Waals surface area contributed by atoms with Gasteiger partial charge >= 0.3 is 0 Å². The SMILES string of the molecule is CN(CC(O)COc1cccc(C(N)=S)c1)C1CC1. The van der Waals surface area contributed by atoms with Gasteiger partial charge in [-0.2, -0.15) is 0 Å². The minimum absolute atomic E-state index is 0.276. The number of hydrogen-bond donors (Lipinski definition) is 2. The van der Waals surface area contributed by atoms with Crippen LogP contribution in [-0.2, 0) is 0 Å². The van der Waals surface area contributed by atoms with Crippen molar-refractivity contribution < 1.29 is 9.84 Å². The number of aliphatic hydroxyl groups excluding tert-OH is 1. The molecular formula is C14H20N2O2S. The first-order valence-corrected chi connectivity index (χ1v) is 6.88. The molecule has 19 heavy (non-hydrogen) atoms. The number of rotatable bonds is 7. The van der Waals surface area contributed by atoms with Crippen molar-refractivity contribution in [3.8, 4) is 5.75 Å². The fraction of sp³-hybridized carbons (Fsp3) is 0.500. The molecule has 1 saturated carbocycles. The van der Waals surface area contributed by atoms with Crippen molar-refractivity contribution >= 4 is 17.2 Å². The minimum atomic E-state index is -0.487. The largest absolute Gasteiger partial charge is 0.491 e. The van der Waals surface area contributed by atoms with Crippen LogP contribution < -0.4 is 10.5 Å².